The number of hydrogen-bond acceptors (Lipinski definition) is 12. The molecule has 2 unspecified atom stereocenters. The topological polar surface area (TPSA) is 206 Å². The highest BCUT2D eigenvalue weighted by molar-refractivity contribution is 7.47. The average Bonchev–Trinajstić information content (AvgIpc) is 3.40. The lowest BCUT2D eigenvalue weighted by molar-refractivity contribution is -0.161. The summed E-state index contributed by atoms with van der Waals surface area (Å²) in [5.74, 6) is -1.19. The van der Waals surface area contributed by atoms with Gasteiger partial charge in [0.05, 0.1) is 32.0 Å². The van der Waals surface area contributed by atoms with E-state index in [9.17, 15) is 39.2 Å². The average molecular weight is 777 g/mol. The summed E-state index contributed by atoms with van der Waals surface area (Å²) >= 11 is 0. The molecule has 1 fully saturated rings. The number of allylic oxidation sites excluding steroid dienone is 3. The van der Waals surface area contributed by atoms with Crippen LogP contribution in [-0.4, -0.2) is 93.9 Å². The zero-order chi connectivity index (χ0) is 39.5. The molecule has 0 amide bonds. The molecule has 8 atom stereocenters. The Bertz CT molecular complexity index is 1110. The number of hydrogen-bond donors (Lipinski definition) is 5. The van der Waals surface area contributed by atoms with Crippen LogP contribution in [0.3, 0.4) is 0 Å². The number of ketones is 1. The van der Waals surface area contributed by atoms with Gasteiger partial charge in [0.15, 0.2) is 6.10 Å². The molecule has 1 aliphatic carbocycles. The minimum absolute atomic E-state index is 0.00601. The van der Waals surface area contributed by atoms with E-state index in [1.807, 2.05) is 12.2 Å². The molecule has 0 aromatic heterocycles. The molecular formula is C39H69O13P. The van der Waals surface area contributed by atoms with Crippen molar-refractivity contribution in [1.29, 1.82) is 0 Å². The highest BCUT2D eigenvalue weighted by Gasteiger charge is 2.39. The van der Waals surface area contributed by atoms with Crippen LogP contribution in [0.2, 0.25) is 0 Å². The fourth-order valence-electron chi connectivity index (χ4n) is 5.95. The lowest BCUT2D eigenvalue weighted by Gasteiger charge is -2.20. The Labute approximate surface area is 317 Å². The van der Waals surface area contributed by atoms with Gasteiger partial charge in [-0.05, 0) is 38.0 Å². The third kappa shape index (κ3) is 24.2. The first-order chi connectivity index (χ1) is 25.3. The predicted octanol–water partition coefficient (Wildman–Crippen LogP) is 6.28. The number of carbonyl (C=O) groups is 3. The second-order valence-electron chi connectivity index (χ2n) is 14.3. The van der Waals surface area contributed by atoms with Crippen LogP contribution in [-0.2, 0) is 37.5 Å². The molecule has 0 bridgehead atoms. The molecule has 308 valence electrons. The van der Waals surface area contributed by atoms with Gasteiger partial charge in [-0.15, -0.1) is 0 Å². The Hall–Kier alpha value is -1.96. The molecule has 1 saturated carbocycles. The largest absolute Gasteiger partial charge is 0.472 e. The highest BCUT2D eigenvalue weighted by atomic mass is 31.2. The lowest BCUT2D eigenvalue weighted by Crippen LogP contribution is -2.29. The van der Waals surface area contributed by atoms with Crippen molar-refractivity contribution in [2.75, 3.05) is 26.4 Å². The van der Waals surface area contributed by atoms with E-state index in [1.54, 1.807) is 12.2 Å². The van der Waals surface area contributed by atoms with Crippen molar-refractivity contribution >= 4 is 25.5 Å². The van der Waals surface area contributed by atoms with Gasteiger partial charge in [0, 0.05) is 31.1 Å². The van der Waals surface area contributed by atoms with Crippen LogP contribution in [0.4, 0.5) is 0 Å². The number of phosphoric ester groups is 1. The van der Waals surface area contributed by atoms with Gasteiger partial charge < -0.3 is 34.8 Å². The first-order valence-electron chi connectivity index (χ1n) is 19.8. The number of carbonyl (C=O) groups excluding carboxylic acids is 3. The fourth-order valence-corrected chi connectivity index (χ4v) is 6.74. The van der Waals surface area contributed by atoms with Crippen LogP contribution in [0.25, 0.3) is 0 Å². The van der Waals surface area contributed by atoms with Gasteiger partial charge in [-0.1, -0.05) is 109 Å². The van der Waals surface area contributed by atoms with E-state index < -0.39 is 76.5 Å². The van der Waals surface area contributed by atoms with Gasteiger partial charge in [0.1, 0.15) is 18.5 Å². The SMILES string of the molecule is CCCCC[C@H](O)/C=C/[C@H]1C(=O)C[C@H](O)[C@@H]1C/C=C\CCCC(=O)O[C@H](COC(=O)CCCCCCCCC(C)CC)COP(=O)(O)OC[C@@H](O)CO. The Kier molecular flexibility index (Phi) is 27.2. The van der Waals surface area contributed by atoms with Gasteiger partial charge in [0.2, 0.25) is 0 Å². The maximum absolute atomic E-state index is 12.7. The smallest absolute Gasteiger partial charge is 0.462 e. The third-order valence-electron chi connectivity index (χ3n) is 9.53. The fraction of sp³-hybridized carbons (Fsp3) is 0.821. The number of aliphatic hydroxyl groups is 4. The Morgan fingerprint density at radius 2 is 1.55 bits per heavy atom. The maximum atomic E-state index is 12.7. The zero-order valence-electron chi connectivity index (χ0n) is 32.4. The van der Waals surface area contributed by atoms with Crippen molar-refractivity contribution in [3.8, 4) is 0 Å². The molecule has 53 heavy (non-hydrogen) atoms. The van der Waals surface area contributed by atoms with Gasteiger partial charge >= 0.3 is 19.8 Å². The first kappa shape index (κ1) is 49.1. The number of rotatable bonds is 32. The van der Waals surface area contributed by atoms with Crippen molar-refractivity contribution < 1.29 is 62.8 Å². The molecule has 0 saturated heterocycles. The Morgan fingerprint density at radius 1 is 0.887 bits per heavy atom. The molecule has 1 rings (SSSR count). The van der Waals surface area contributed by atoms with Gasteiger partial charge in [0.25, 0.3) is 0 Å². The van der Waals surface area contributed by atoms with E-state index in [2.05, 4.69) is 25.3 Å². The summed E-state index contributed by atoms with van der Waals surface area (Å²) in [6.07, 6.45) is 16.9. The number of Topliss-reactive ketones (excluding diaryl/α,β-unsaturated/α-hetero) is 1. The van der Waals surface area contributed by atoms with Crippen LogP contribution in [0.15, 0.2) is 24.3 Å². The second kappa shape index (κ2) is 29.3. The van der Waals surface area contributed by atoms with Crippen LogP contribution >= 0.6 is 7.82 Å². The summed E-state index contributed by atoms with van der Waals surface area (Å²) in [6, 6.07) is 0. The number of ether oxygens (including phenoxy) is 2. The molecule has 0 radical (unpaired) electrons. The van der Waals surface area contributed by atoms with E-state index >= 15 is 0 Å². The molecule has 1 aliphatic rings. The van der Waals surface area contributed by atoms with Crippen molar-refractivity contribution in [2.24, 2.45) is 17.8 Å². The summed E-state index contributed by atoms with van der Waals surface area (Å²) in [4.78, 5) is 47.5. The molecule has 0 spiro atoms. The second-order valence-corrected chi connectivity index (χ2v) is 15.8. The first-order valence-corrected chi connectivity index (χ1v) is 21.3. The van der Waals surface area contributed by atoms with Crippen LogP contribution < -0.4 is 0 Å². The van der Waals surface area contributed by atoms with Crippen LogP contribution in [0.5, 0.6) is 0 Å². The zero-order valence-corrected chi connectivity index (χ0v) is 33.3. The number of phosphoric acid groups is 1. The molecule has 14 heteroatoms. The lowest BCUT2D eigenvalue weighted by atomic mass is 9.90. The molecule has 0 aromatic carbocycles. The monoisotopic (exact) mass is 776 g/mol. The predicted molar refractivity (Wildman–Crippen MR) is 202 cm³/mol. The maximum Gasteiger partial charge on any atom is 0.472 e. The minimum Gasteiger partial charge on any atom is -0.462 e. The van der Waals surface area contributed by atoms with E-state index in [0.29, 0.717) is 32.1 Å². The molecule has 13 nitrogen and oxygen atoms in total. The Morgan fingerprint density at radius 3 is 2.25 bits per heavy atom. The van der Waals surface area contributed by atoms with Crippen molar-refractivity contribution in [2.45, 2.75) is 161 Å². The number of esters is 2. The summed E-state index contributed by atoms with van der Waals surface area (Å²) in [6.45, 7) is 4.19. The molecule has 0 aromatic rings. The van der Waals surface area contributed by atoms with E-state index in [1.165, 1.54) is 25.7 Å². The van der Waals surface area contributed by atoms with Crippen molar-refractivity contribution in [3.63, 3.8) is 0 Å². The molecular weight excluding hydrogens is 707 g/mol. The number of aliphatic hydroxyl groups excluding tert-OH is 4. The van der Waals surface area contributed by atoms with Gasteiger partial charge in [-0.25, -0.2) is 4.57 Å². The Balaban J connectivity index is 2.56. The third-order valence-corrected chi connectivity index (χ3v) is 10.5. The van der Waals surface area contributed by atoms with Crippen LogP contribution in [0, 0.1) is 17.8 Å². The van der Waals surface area contributed by atoms with E-state index in [0.717, 1.165) is 44.4 Å². The summed E-state index contributed by atoms with van der Waals surface area (Å²) in [5.41, 5.74) is 0. The standard InChI is InChI=1S/C39H69O13P/c1-4-6-13-19-31(41)23-24-35-34(36(43)25-37(35)44)20-15-11-12-17-22-39(46)52-33(29-51-53(47,48)50-27-32(42)26-40)28-49-38(45)21-16-10-8-7-9-14-18-30(3)5-2/h11,15,23-24,30-36,40-43H,4-10,12-14,16-22,25-29H2,1-3H3,(H,47,48)/b15-11-,24-23+/t30?,31-,32-,33+,34+,35+,36-/m0/s1. The van der Waals surface area contributed by atoms with Gasteiger partial charge in [-0.2, -0.15) is 0 Å². The van der Waals surface area contributed by atoms with Crippen LogP contribution in [0.1, 0.15) is 136 Å². The summed E-state index contributed by atoms with van der Waals surface area (Å²) < 4.78 is 32.5. The molecule has 0 heterocycles. The van der Waals surface area contributed by atoms with E-state index in [4.69, 9.17) is 19.1 Å². The molecule has 0 aliphatic heterocycles. The summed E-state index contributed by atoms with van der Waals surface area (Å²) in [5, 5.41) is 39.0. The summed E-state index contributed by atoms with van der Waals surface area (Å²) in [7, 11) is -4.68. The van der Waals surface area contributed by atoms with Crippen molar-refractivity contribution in [1.82, 2.24) is 0 Å². The number of unbranched alkanes of at least 4 members (excludes halogenated alkanes) is 8. The highest BCUT2D eigenvalue weighted by Crippen LogP contribution is 2.43. The quantitative estimate of drug-likeness (QED) is 0.0221. The normalized spacial score (nSPS) is 21.1. The molecule has 5 N–H and O–H groups in total. The van der Waals surface area contributed by atoms with Crippen molar-refractivity contribution in [3.05, 3.63) is 24.3 Å². The minimum atomic E-state index is -4.68. The van der Waals surface area contributed by atoms with E-state index in [-0.39, 0.29) is 31.0 Å². The van der Waals surface area contributed by atoms with Gasteiger partial charge in [-0.3, -0.25) is 23.4 Å².